The monoisotopic (exact) mass is 275 g/mol. The van der Waals surface area contributed by atoms with E-state index in [1.54, 1.807) is 6.20 Å². The van der Waals surface area contributed by atoms with E-state index < -0.39 is 0 Å². The zero-order valence-corrected chi connectivity index (χ0v) is 12.0. The van der Waals surface area contributed by atoms with E-state index in [2.05, 4.69) is 17.2 Å². The number of hydrogen-bond acceptors (Lipinski definition) is 4. The molecule has 0 radical (unpaired) electrons. The van der Waals surface area contributed by atoms with E-state index in [0.29, 0.717) is 10.8 Å². The van der Waals surface area contributed by atoms with E-state index in [1.807, 2.05) is 32.0 Å². The Bertz CT molecular complexity index is 606. The molecule has 0 aliphatic rings. The van der Waals surface area contributed by atoms with Gasteiger partial charge < -0.3 is 15.5 Å². The summed E-state index contributed by atoms with van der Waals surface area (Å²) in [6.45, 7) is 5.94. The SMILES string of the molecule is Cc1cc(C(C)Nc2ncccc2C(N)=S)c(C)o1. The molecule has 0 bridgehead atoms. The van der Waals surface area contributed by atoms with Crippen LogP contribution in [0.25, 0.3) is 0 Å². The van der Waals surface area contributed by atoms with E-state index in [-0.39, 0.29) is 6.04 Å². The normalized spacial score (nSPS) is 12.2. The highest BCUT2D eigenvalue weighted by atomic mass is 32.1. The number of furan rings is 1. The highest BCUT2D eigenvalue weighted by Gasteiger charge is 2.15. The second kappa shape index (κ2) is 5.40. The summed E-state index contributed by atoms with van der Waals surface area (Å²) < 4.78 is 5.54. The Morgan fingerprint density at radius 1 is 1.47 bits per heavy atom. The van der Waals surface area contributed by atoms with Crippen LogP contribution in [0.3, 0.4) is 0 Å². The first kappa shape index (κ1) is 13.5. The van der Waals surface area contributed by atoms with E-state index in [4.69, 9.17) is 22.4 Å². The Hall–Kier alpha value is -1.88. The number of aromatic nitrogens is 1. The fourth-order valence-electron chi connectivity index (χ4n) is 2.08. The van der Waals surface area contributed by atoms with Crippen LogP contribution in [-0.2, 0) is 0 Å². The van der Waals surface area contributed by atoms with Crippen LogP contribution in [0.2, 0.25) is 0 Å². The highest BCUT2D eigenvalue weighted by molar-refractivity contribution is 7.80. The van der Waals surface area contributed by atoms with Crippen molar-refractivity contribution in [3.8, 4) is 0 Å². The van der Waals surface area contributed by atoms with Gasteiger partial charge in [0, 0.05) is 11.8 Å². The molecule has 0 saturated carbocycles. The third kappa shape index (κ3) is 2.93. The van der Waals surface area contributed by atoms with Gasteiger partial charge in [-0.05, 0) is 39.0 Å². The minimum Gasteiger partial charge on any atom is -0.466 e. The van der Waals surface area contributed by atoms with Gasteiger partial charge in [0.25, 0.3) is 0 Å². The maximum absolute atomic E-state index is 5.70. The van der Waals surface area contributed by atoms with Crippen molar-refractivity contribution in [2.75, 3.05) is 5.32 Å². The average molecular weight is 275 g/mol. The summed E-state index contributed by atoms with van der Waals surface area (Å²) >= 11 is 5.03. The molecule has 19 heavy (non-hydrogen) atoms. The van der Waals surface area contributed by atoms with Crippen LogP contribution >= 0.6 is 12.2 Å². The van der Waals surface area contributed by atoms with E-state index in [0.717, 1.165) is 22.6 Å². The molecule has 1 unspecified atom stereocenters. The standard InChI is InChI=1S/C14H17N3OS/c1-8-7-12(10(3)18-8)9(2)17-14-11(13(15)19)5-4-6-16-14/h4-7,9H,1-3H3,(H2,15,19)(H,16,17). The first-order chi connectivity index (χ1) is 8.99. The summed E-state index contributed by atoms with van der Waals surface area (Å²) in [5.74, 6) is 2.50. The topological polar surface area (TPSA) is 64.1 Å². The zero-order valence-electron chi connectivity index (χ0n) is 11.2. The van der Waals surface area contributed by atoms with Gasteiger partial charge in [-0.1, -0.05) is 12.2 Å². The van der Waals surface area contributed by atoms with Gasteiger partial charge in [0.15, 0.2) is 0 Å². The lowest BCUT2D eigenvalue weighted by Gasteiger charge is -2.16. The molecule has 0 aliphatic carbocycles. The smallest absolute Gasteiger partial charge is 0.136 e. The van der Waals surface area contributed by atoms with Crippen LogP contribution in [-0.4, -0.2) is 9.97 Å². The fourth-order valence-corrected chi connectivity index (χ4v) is 2.25. The van der Waals surface area contributed by atoms with Gasteiger partial charge >= 0.3 is 0 Å². The number of anilines is 1. The molecule has 5 heteroatoms. The summed E-state index contributed by atoms with van der Waals surface area (Å²) in [5.41, 5.74) is 7.56. The molecule has 100 valence electrons. The zero-order chi connectivity index (χ0) is 14.0. The Kier molecular flexibility index (Phi) is 3.85. The molecule has 2 rings (SSSR count). The van der Waals surface area contributed by atoms with Crippen molar-refractivity contribution < 1.29 is 4.42 Å². The molecule has 0 aromatic carbocycles. The summed E-state index contributed by atoms with van der Waals surface area (Å²) in [6, 6.07) is 5.77. The van der Waals surface area contributed by atoms with Crippen molar-refractivity contribution in [2.45, 2.75) is 26.8 Å². The van der Waals surface area contributed by atoms with E-state index >= 15 is 0 Å². The minimum atomic E-state index is 0.0699. The minimum absolute atomic E-state index is 0.0699. The molecular formula is C14H17N3OS. The fraction of sp³-hybridized carbons (Fsp3) is 0.286. The average Bonchev–Trinajstić information content (AvgIpc) is 2.69. The summed E-state index contributed by atoms with van der Waals surface area (Å²) in [5, 5.41) is 3.32. The van der Waals surface area contributed by atoms with Gasteiger partial charge in [-0.3, -0.25) is 0 Å². The molecule has 0 saturated heterocycles. The highest BCUT2D eigenvalue weighted by Crippen LogP contribution is 2.25. The molecule has 1 atom stereocenters. The molecule has 4 nitrogen and oxygen atoms in total. The van der Waals surface area contributed by atoms with Crippen molar-refractivity contribution in [3.63, 3.8) is 0 Å². The van der Waals surface area contributed by atoms with Crippen molar-refractivity contribution in [3.05, 3.63) is 47.0 Å². The van der Waals surface area contributed by atoms with Crippen molar-refractivity contribution in [2.24, 2.45) is 5.73 Å². The molecular weight excluding hydrogens is 258 g/mol. The Labute approximate surface area is 118 Å². The number of pyridine rings is 1. The number of aryl methyl sites for hydroxylation is 2. The number of nitrogens with zero attached hydrogens (tertiary/aromatic N) is 1. The van der Waals surface area contributed by atoms with Gasteiger partial charge in [-0.25, -0.2) is 4.98 Å². The second-order valence-corrected chi connectivity index (χ2v) is 4.94. The summed E-state index contributed by atoms with van der Waals surface area (Å²) in [7, 11) is 0. The maximum Gasteiger partial charge on any atom is 0.136 e. The van der Waals surface area contributed by atoms with Crippen molar-refractivity contribution in [1.29, 1.82) is 0 Å². The molecule has 0 aliphatic heterocycles. The molecule has 2 heterocycles. The number of thiocarbonyl (C=S) groups is 1. The molecule has 0 fully saturated rings. The van der Waals surface area contributed by atoms with Gasteiger partial charge in [-0.15, -0.1) is 0 Å². The Morgan fingerprint density at radius 2 is 2.21 bits per heavy atom. The number of hydrogen-bond donors (Lipinski definition) is 2. The quantitative estimate of drug-likeness (QED) is 0.839. The molecule has 2 aromatic heterocycles. The number of nitrogens with two attached hydrogens (primary N) is 1. The lowest BCUT2D eigenvalue weighted by Crippen LogP contribution is -2.16. The largest absolute Gasteiger partial charge is 0.466 e. The van der Waals surface area contributed by atoms with E-state index in [1.165, 1.54) is 0 Å². The molecule has 2 aromatic rings. The first-order valence-electron chi connectivity index (χ1n) is 6.07. The summed E-state index contributed by atoms with van der Waals surface area (Å²) in [4.78, 5) is 4.63. The molecule has 0 amide bonds. The molecule has 0 spiro atoms. The first-order valence-corrected chi connectivity index (χ1v) is 6.48. The second-order valence-electron chi connectivity index (χ2n) is 4.50. The lowest BCUT2D eigenvalue weighted by atomic mass is 10.1. The van der Waals surface area contributed by atoms with Crippen LogP contribution in [0.1, 0.15) is 35.6 Å². The van der Waals surface area contributed by atoms with Gasteiger partial charge in [0.1, 0.15) is 22.3 Å². The van der Waals surface area contributed by atoms with Gasteiger partial charge in [0.05, 0.1) is 11.6 Å². The Morgan fingerprint density at radius 3 is 2.79 bits per heavy atom. The third-order valence-corrected chi connectivity index (χ3v) is 3.19. The van der Waals surface area contributed by atoms with Crippen LogP contribution in [0.4, 0.5) is 5.82 Å². The van der Waals surface area contributed by atoms with Crippen LogP contribution in [0.5, 0.6) is 0 Å². The predicted octanol–water partition coefficient (Wildman–Crippen LogP) is 3.10. The van der Waals surface area contributed by atoms with Crippen LogP contribution in [0.15, 0.2) is 28.8 Å². The van der Waals surface area contributed by atoms with Crippen LogP contribution in [0, 0.1) is 13.8 Å². The summed E-state index contributed by atoms with van der Waals surface area (Å²) in [6.07, 6.45) is 1.71. The van der Waals surface area contributed by atoms with Gasteiger partial charge in [-0.2, -0.15) is 0 Å². The van der Waals surface area contributed by atoms with E-state index in [9.17, 15) is 0 Å². The Balaban J connectivity index is 2.26. The third-order valence-electron chi connectivity index (χ3n) is 2.97. The number of rotatable bonds is 4. The van der Waals surface area contributed by atoms with Crippen molar-refractivity contribution in [1.82, 2.24) is 4.98 Å². The number of nitrogens with one attached hydrogen (secondary N) is 1. The van der Waals surface area contributed by atoms with Crippen LogP contribution < -0.4 is 11.1 Å². The maximum atomic E-state index is 5.70. The molecule has 3 N–H and O–H groups in total. The predicted molar refractivity (Wildman–Crippen MR) is 80.3 cm³/mol. The van der Waals surface area contributed by atoms with Gasteiger partial charge in [0.2, 0.25) is 0 Å². The van der Waals surface area contributed by atoms with Crippen molar-refractivity contribution >= 4 is 23.0 Å². The lowest BCUT2D eigenvalue weighted by molar-refractivity contribution is 0.500.